The van der Waals surface area contributed by atoms with Crippen molar-refractivity contribution in [3.8, 4) is 0 Å². The van der Waals surface area contributed by atoms with Gasteiger partial charge in [0.2, 0.25) is 0 Å². The quantitative estimate of drug-likeness (QED) is 0.455. The summed E-state index contributed by atoms with van der Waals surface area (Å²) >= 11 is 6.30. The van der Waals surface area contributed by atoms with E-state index in [1.165, 1.54) is 11.8 Å². The van der Waals surface area contributed by atoms with E-state index in [1.807, 2.05) is 6.08 Å². The molecule has 0 bridgehead atoms. The van der Waals surface area contributed by atoms with Gasteiger partial charge in [0.05, 0.1) is 0 Å². The van der Waals surface area contributed by atoms with Gasteiger partial charge >= 0.3 is 0 Å². The van der Waals surface area contributed by atoms with Crippen LogP contribution in [0.25, 0.3) is 0 Å². The molecule has 0 aromatic heterocycles. The minimum Gasteiger partial charge on any atom is -0.172 e. The van der Waals surface area contributed by atoms with Crippen molar-refractivity contribution in [2.75, 3.05) is 0 Å². The van der Waals surface area contributed by atoms with Crippen LogP contribution in [0.1, 0.15) is 6.42 Å². The van der Waals surface area contributed by atoms with Crippen molar-refractivity contribution in [1.29, 1.82) is 0 Å². The topological polar surface area (TPSA) is 24.7 Å². The van der Waals surface area contributed by atoms with Crippen LogP contribution in [0.2, 0.25) is 0 Å². The molecule has 0 radical (unpaired) electrons. The molecule has 1 aliphatic rings. The van der Waals surface area contributed by atoms with Gasteiger partial charge in [-0.15, -0.1) is 11.7 Å². The molecule has 9 heavy (non-hydrogen) atoms. The van der Waals surface area contributed by atoms with Crippen molar-refractivity contribution >= 4 is 28.3 Å². The highest BCUT2D eigenvalue weighted by Crippen LogP contribution is 2.25. The van der Waals surface area contributed by atoms with E-state index in [1.54, 1.807) is 0 Å². The van der Waals surface area contributed by atoms with Gasteiger partial charge in [-0.05, 0) is 18.6 Å². The van der Waals surface area contributed by atoms with Crippen LogP contribution in [0, 0.1) is 0 Å². The number of hydrogen-bond acceptors (Lipinski definition) is 3. The fraction of sp³-hybridized carbons (Fsp3) is 0.400. The maximum absolute atomic E-state index is 4.78. The van der Waals surface area contributed by atoms with E-state index in [-0.39, 0.29) is 5.37 Å². The zero-order chi connectivity index (χ0) is 6.69. The van der Waals surface area contributed by atoms with Gasteiger partial charge in [0.25, 0.3) is 0 Å². The number of hydrogen-bond donors (Lipinski definition) is 0. The van der Waals surface area contributed by atoms with Crippen LogP contribution in [0.15, 0.2) is 22.9 Å². The number of thiocarbonyl (C=S) groups is 1. The molecule has 0 amide bonds. The summed E-state index contributed by atoms with van der Waals surface area (Å²) in [4.78, 5) is 0. The first-order valence-corrected chi connectivity index (χ1v) is 3.84. The Labute approximate surface area is 63.4 Å². The van der Waals surface area contributed by atoms with Crippen molar-refractivity contribution in [2.24, 2.45) is 10.2 Å². The fourth-order valence-corrected chi connectivity index (χ4v) is 1.55. The molecule has 1 rings (SSSR count). The summed E-state index contributed by atoms with van der Waals surface area (Å²) in [5.74, 6) is 0. The SMILES string of the molecule is C=CCC1N=NC(=S)S1. The van der Waals surface area contributed by atoms with E-state index in [0.717, 1.165) is 6.42 Å². The first kappa shape index (κ1) is 6.89. The summed E-state index contributed by atoms with van der Waals surface area (Å²) in [6.07, 6.45) is 2.68. The molecule has 0 N–H and O–H groups in total. The van der Waals surface area contributed by atoms with E-state index in [4.69, 9.17) is 12.2 Å². The Morgan fingerprint density at radius 2 is 2.67 bits per heavy atom. The minimum absolute atomic E-state index is 0.204. The molecule has 1 unspecified atom stereocenters. The predicted octanol–water partition coefficient (Wildman–Crippen LogP) is 2.37. The molecule has 0 aromatic rings. The highest BCUT2D eigenvalue weighted by Gasteiger charge is 2.14. The van der Waals surface area contributed by atoms with Crippen molar-refractivity contribution < 1.29 is 0 Å². The van der Waals surface area contributed by atoms with Crippen LogP contribution in [0.3, 0.4) is 0 Å². The highest BCUT2D eigenvalue weighted by molar-refractivity contribution is 8.23. The van der Waals surface area contributed by atoms with Crippen LogP contribution in [0.5, 0.6) is 0 Å². The standard InChI is InChI=1S/C5H6N2S2/c1-2-3-4-6-7-5(8)9-4/h2,4H,1,3H2. The summed E-state index contributed by atoms with van der Waals surface area (Å²) in [5, 5.41) is 7.79. The Hall–Kier alpha value is -0.220. The lowest BCUT2D eigenvalue weighted by atomic mass is 10.4. The third-order valence-electron chi connectivity index (χ3n) is 0.873. The Bertz CT molecular complexity index is 164. The van der Waals surface area contributed by atoms with Gasteiger partial charge in [0, 0.05) is 0 Å². The van der Waals surface area contributed by atoms with E-state index < -0.39 is 0 Å². The second-order valence-corrected chi connectivity index (χ2v) is 3.39. The van der Waals surface area contributed by atoms with Gasteiger partial charge in [-0.3, -0.25) is 0 Å². The van der Waals surface area contributed by atoms with Crippen LogP contribution in [-0.4, -0.2) is 9.69 Å². The van der Waals surface area contributed by atoms with Gasteiger partial charge < -0.3 is 0 Å². The molecule has 0 aliphatic carbocycles. The smallest absolute Gasteiger partial charge is 0.172 e. The summed E-state index contributed by atoms with van der Waals surface area (Å²) in [6, 6.07) is 0. The maximum atomic E-state index is 4.78. The molecule has 0 saturated carbocycles. The third-order valence-corrected chi connectivity index (χ3v) is 2.09. The van der Waals surface area contributed by atoms with Gasteiger partial charge in [0.15, 0.2) is 4.32 Å². The molecular formula is C5H6N2S2. The van der Waals surface area contributed by atoms with Crippen molar-refractivity contribution in [2.45, 2.75) is 11.8 Å². The molecule has 1 heterocycles. The van der Waals surface area contributed by atoms with E-state index >= 15 is 0 Å². The maximum Gasteiger partial charge on any atom is 0.184 e. The average molecular weight is 158 g/mol. The Morgan fingerprint density at radius 3 is 3.11 bits per heavy atom. The van der Waals surface area contributed by atoms with Crippen molar-refractivity contribution in [1.82, 2.24) is 0 Å². The number of azo groups is 1. The van der Waals surface area contributed by atoms with Crippen LogP contribution in [0.4, 0.5) is 0 Å². The number of nitrogens with zero attached hydrogens (tertiary/aromatic N) is 2. The zero-order valence-corrected chi connectivity index (χ0v) is 6.41. The Kier molecular flexibility index (Phi) is 2.36. The lowest BCUT2D eigenvalue weighted by molar-refractivity contribution is 0.897. The first-order valence-electron chi connectivity index (χ1n) is 2.55. The van der Waals surface area contributed by atoms with Crippen LogP contribution >= 0.6 is 24.0 Å². The molecule has 0 saturated heterocycles. The van der Waals surface area contributed by atoms with Crippen LogP contribution < -0.4 is 0 Å². The lowest BCUT2D eigenvalue weighted by Crippen LogP contribution is -1.90. The van der Waals surface area contributed by atoms with Gasteiger partial charge in [0.1, 0.15) is 5.37 Å². The highest BCUT2D eigenvalue weighted by atomic mass is 32.2. The summed E-state index contributed by atoms with van der Waals surface area (Å²) in [7, 11) is 0. The van der Waals surface area contributed by atoms with Crippen molar-refractivity contribution in [3.05, 3.63) is 12.7 Å². The molecule has 0 spiro atoms. The van der Waals surface area contributed by atoms with Crippen molar-refractivity contribution in [3.63, 3.8) is 0 Å². The van der Waals surface area contributed by atoms with Gasteiger partial charge in [-0.2, -0.15) is 5.11 Å². The predicted molar refractivity (Wildman–Crippen MR) is 43.6 cm³/mol. The largest absolute Gasteiger partial charge is 0.184 e. The minimum atomic E-state index is 0.204. The summed E-state index contributed by atoms with van der Waals surface area (Å²) in [6.45, 7) is 3.59. The first-order chi connectivity index (χ1) is 4.33. The Morgan fingerprint density at radius 1 is 1.89 bits per heavy atom. The van der Waals surface area contributed by atoms with Crippen LogP contribution in [-0.2, 0) is 0 Å². The molecule has 0 aromatic carbocycles. The third kappa shape index (κ3) is 1.87. The second kappa shape index (κ2) is 3.08. The van der Waals surface area contributed by atoms with Gasteiger partial charge in [-0.1, -0.05) is 17.8 Å². The van der Waals surface area contributed by atoms with E-state index in [2.05, 4.69) is 16.8 Å². The normalized spacial score (nSPS) is 24.9. The Balaban J connectivity index is 2.40. The molecular weight excluding hydrogens is 152 g/mol. The molecule has 2 nitrogen and oxygen atoms in total. The average Bonchev–Trinajstić information content (AvgIpc) is 2.17. The monoisotopic (exact) mass is 158 g/mol. The molecule has 4 heteroatoms. The second-order valence-electron chi connectivity index (χ2n) is 1.58. The number of rotatable bonds is 2. The fourth-order valence-electron chi connectivity index (χ4n) is 0.513. The zero-order valence-electron chi connectivity index (χ0n) is 4.78. The lowest BCUT2D eigenvalue weighted by Gasteiger charge is -1.94. The summed E-state index contributed by atoms with van der Waals surface area (Å²) < 4.78 is 0.641. The molecule has 1 atom stereocenters. The molecule has 0 fully saturated rings. The number of thioether (sulfide) groups is 1. The summed E-state index contributed by atoms with van der Waals surface area (Å²) in [5.41, 5.74) is 0. The molecule has 48 valence electrons. The molecule has 1 aliphatic heterocycles. The van der Waals surface area contributed by atoms with E-state index in [9.17, 15) is 0 Å². The van der Waals surface area contributed by atoms with E-state index in [0.29, 0.717) is 4.32 Å². The van der Waals surface area contributed by atoms with Gasteiger partial charge in [-0.25, -0.2) is 0 Å².